The van der Waals surface area contributed by atoms with Gasteiger partial charge in [-0.25, -0.2) is 39.9 Å². The van der Waals surface area contributed by atoms with Gasteiger partial charge in [-0.15, -0.1) is 0 Å². The first-order valence-corrected chi connectivity index (χ1v) is 35.8. The first-order valence-electron chi connectivity index (χ1n) is 35.8. The predicted molar refractivity (Wildman–Crippen MR) is 386 cm³/mol. The maximum Gasteiger partial charge on any atom is 0.228 e. The number of nitrogens with zero attached hydrogens (tertiary/aromatic N) is 8. The summed E-state index contributed by atoms with van der Waals surface area (Å²) in [5, 5.41) is 11.9. The lowest BCUT2D eigenvalue weighted by Gasteiger charge is -2.22. The average Bonchev–Trinajstić information content (AvgIpc) is 0.803. The van der Waals surface area contributed by atoms with E-state index in [2.05, 4.69) is 133 Å². The number of rotatable bonds is 18. The summed E-state index contributed by atoms with van der Waals surface area (Å²) < 4.78 is 0. The van der Waals surface area contributed by atoms with Gasteiger partial charge in [0.25, 0.3) is 0 Å². The zero-order valence-corrected chi connectivity index (χ0v) is 58.2. The molecule has 4 amide bonds. The molecule has 4 N–H and O–H groups in total. The number of anilines is 4. The third kappa shape index (κ3) is 17.6. The summed E-state index contributed by atoms with van der Waals surface area (Å²) in [5.41, 5.74) is 21.6. The van der Waals surface area contributed by atoms with Crippen molar-refractivity contribution < 1.29 is 19.2 Å². The van der Waals surface area contributed by atoms with Crippen molar-refractivity contribution in [3.05, 3.63) is 165 Å². The highest BCUT2D eigenvalue weighted by atomic mass is 16.2. The van der Waals surface area contributed by atoms with Gasteiger partial charge in [-0.2, -0.15) is 0 Å². The zero-order chi connectivity index (χ0) is 67.7. The lowest BCUT2D eigenvalue weighted by molar-refractivity contribution is -0.119. The van der Waals surface area contributed by atoms with Crippen molar-refractivity contribution in [2.75, 3.05) is 21.3 Å². The van der Waals surface area contributed by atoms with E-state index in [1.807, 2.05) is 45.9 Å². The summed E-state index contributed by atoms with van der Waals surface area (Å²) in [5.74, 6) is 3.52. The minimum absolute atomic E-state index is 0.0157. The van der Waals surface area contributed by atoms with E-state index in [1.165, 1.54) is 83.5 Å². The number of carbonyl (C=O) groups excluding carboxylic acids is 4. The summed E-state index contributed by atoms with van der Waals surface area (Å²) in [6.45, 7) is 18.0. The fourth-order valence-electron chi connectivity index (χ4n) is 13.5. The lowest BCUT2D eigenvalue weighted by atomic mass is 9.87. The highest BCUT2D eigenvalue weighted by molar-refractivity contribution is 5.93. The Labute approximate surface area is 568 Å². The Bertz CT molecular complexity index is 4060. The number of hydrogen-bond donors (Lipinski definition) is 4. The SMILES string of the molecule is CCCc1nc2c(nc1NC(=O)C(C)CC)CCc1ccccc1-2.CCCc1nc2c(nc1NC(=O)CC(C)C)CCc1ccccc1-2.CCCc1nc2c(nc1NC(=O)CC1CCCCC1)CCc1ccccc1-2.CCCc1nc2c(nc1NC(C)=O)CCc1ccccc1-2. The highest BCUT2D eigenvalue weighted by Crippen LogP contribution is 2.38. The first kappa shape index (κ1) is 69.9. The normalized spacial score (nSPS) is 14.0. The number of carbonyl (C=O) groups is 4. The summed E-state index contributed by atoms with van der Waals surface area (Å²) in [6, 6.07) is 33.7. The number of aromatic nitrogens is 8. The number of fused-ring (bicyclic) bond motifs is 12. The van der Waals surface area contributed by atoms with Gasteiger partial charge in [0.1, 0.15) is 0 Å². The van der Waals surface area contributed by atoms with Crippen LogP contribution in [0.25, 0.3) is 45.0 Å². The summed E-state index contributed by atoms with van der Waals surface area (Å²) in [4.78, 5) is 87.2. The second-order valence-electron chi connectivity index (χ2n) is 26.8. The Kier molecular flexibility index (Phi) is 24.5. The molecule has 1 saturated carbocycles. The molecule has 0 aliphatic heterocycles. The highest BCUT2D eigenvalue weighted by Gasteiger charge is 2.28. The molecule has 5 aliphatic carbocycles. The van der Waals surface area contributed by atoms with Crippen molar-refractivity contribution >= 4 is 46.9 Å². The van der Waals surface area contributed by atoms with Gasteiger partial charge in [0.2, 0.25) is 23.6 Å². The molecule has 0 saturated heterocycles. The molecule has 16 heteroatoms. The lowest BCUT2D eigenvalue weighted by Crippen LogP contribution is -2.23. The van der Waals surface area contributed by atoms with Gasteiger partial charge in [-0.05, 0) is 130 Å². The van der Waals surface area contributed by atoms with Crippen LogP contribution >= 0.6 is 0 Å². The Morgan fingerprint density at radius 2 is 0.729 bits per heavy atom. The quantitative estimate of drug-likeness (QED) is 0.0630. The van der Waals surface area contributed by atoms with Crippen molar-refractivity contribution in [3.8, 4) is 45.0 Å². The standard InChI is InChI=1S/C23H29N3O.2C20H25N3O.C17H19N3O/c1-2-8-20-23(26-21(27)15-16-9-4-3-5-10-16)25-19-14-13-17-11-6-7-12-18(17)22(19)24-20;1-4-7-17-20(23-18(24)12-13(2)3)22-16-11-10-14-8-5-6-9-15(14)19(16)21-17;1-4-8-17-19(23-20(24)13(3)5-2)22-16-12-11-14-9-6-7-10-15(14)18(16)21-17;1-3-6-15-17(18-11(2)21)20-14-10-9-12-7-4-5-8-13(12)16(14)19-15/h6-7,11-12,16H,2-5,8-10,13-15H2,1H3,(H,25,26,27);5-6,8-9,13H,4,7,10-12H2,1-3H3,(H,22,23,24);6-7,9-10,13H,4-5,8,11-12H2,1-3H3,(H,22,23,24);4-5,7-8H,3,6,9-10H2,1-2H3,(H,18,20,21). The second-order valence-corrected chi connectivity index (χ2v) is 26.8. The molecule has 13 rings (SSSR count). The van der Waals surface area contributed by atoms with E-state index in [0.29, 0.717) is 47.9 Å². The number of amides is 4. The van der Waals surface area contributed by atoms with Crippen LogP contribution in [0.3, 0.4) is 0 Å². The smallest absolute Gasteiger partial charge is 0.228 e. The summed E-state index contributed by atoms with van der Waals surface area (Å²) in [7, 11) is 0. The Hall–Kier alpha value is -8.92. The average molecular weight is 1290 g/mol. The van der Waals surface area contributed by atoms with Crippen molar-refractivity contribution in [2.24, 2.45) is 17.8 Å². The summed E-state index contributed by atoms with van der Waals surface area (Å²) >= 11 is 0. The van der Waals surface area contributed by atoms with Crippen LogP contribution in [-0.4, -0.2) is 63.5 Å². The Balaban J connectivity index is 0.000000140. The first-order chi connectivity index (χ1) is 46.6. The van der Waals surface area contributed by atoms with Gasteiger partial charge >= 0.3 is 0 Å². The molecule has 502 valence electrons. The van der Waals surface area contributed by atoms with Crippen LogP contribution in [0, 0.1) is 17.8 Å². The predicted octanol–water partition coefficient (Wildman–Crippen LogP) is 16.6. The fraction of sp³-hybridized carbons (Fsp3) is 0.450. The van der Waals surface area contributed by atoms with E-state index in [9.17, 15) is 19.2 Å². The molecule has 1 unspecified atom stereocenters. The van der Waals surface area contributed by atoms with E-state index in [1.54, 1.807) is 0 Å². The maximum atomic E-state index is 12.6. The molecule has 4 aromatic carbocycles. The van der Waals surface area contributed by atoms with Crippen molar-refractivity contribution in [1.82, 2.24) is 39.9 Å². The van der Waals surface area contributed by atoms with E-state index in [0.717, 1.165) is 177 Å². The van der Waals surface area contributed by atoms with Gasteiger partial charge in [0, 0.05) is 47.9 Å². The number of benzene rings is 4. The van der Waals surface area contributed by atoms with Crippen molar-refractivity contribution in [1.29, 1.82) is 0 Å². The Morgan fingerprint density at radius 3 is 1.05 bits per heavy atom. The number of aryl methyl sites for hydroxylation is 12. The molecule has 8 aromatic rings. The van der Waals surface area contributed by atoms with Gasteiger partial charge < -0.3 is 21.3 Å². The molecule has 96 heavy (non-hydrogen) atoms. The number of nitrogens with one attached hydrogen (secondary N) is 4. The largest absolute Gasteiger partial charge is 0.309 e. The van der Waals surface area contributed by atoms with Crippen LogP contribution in [0.4, 0.5) is 23.3 Å². The molecule has 0 radical (unpaired) electrons. The van der Waals surface area contributed by atoms with Crippen LogP contribution in [0.15, 0.2) is 97.1 Å². The topological polar surface area (TPSA) is 220 Å². The third-order valence-corrected chi connectivity index (χ3v) is 18.6. The Morgan fingerprint density at radius 1 is 0.406 bits per heavy atom. The molecule has 5 aliphatic rings. The molecule has 1 fully saturated rings. The molecule has 4 aromatic heterocycles. The number of hydrogen-bond acceptors (Lipinski definition) is 12. The van der Waals surface area contributed by atoms with Crippen molar-refractivity contribution in [2.45, 2.75) is 216 Å². The zero-order valence-electron chi connectivity index (χ0n) is 58.2. The van der Waals surface area contributed by atoms with E-state index in [4.69, 9.17) is 34.9 Å². The van der Waals surface area contributed by atoms with Crippen LogP contribution in [0.1, 0.15) is 207 Å². The van der Waals surface area contributed by atoms with Crippen LogP contribution in [0.5, 0.6) is 0 Å². The molecular formula is C80H98N12O4. The van der Waals surface area contributed by atoms with Crippen molar-refractivity contribution in [3.63, 3.8) is 0 Å². The monoisotopic (exact) mass is 1290 g/mol. The molecule has 0 bridgehead atoms. The van der Waals surface area contributed by atoms with E-state index in [-0.39, 0.29) is 29.5 Å². The van der Waals surface area contributed by atoms with Gasteiger partial charge in [0.05, 0.1) is 68.3 Å². The van der Waals surface area contributed by atoms with Crippen LogP contribution in [-0.2, 0) is 96.2 Å². The van der Waals surface area contributed by atoms with Gasteiger partial charge in [-0.1, -0.05) is 197 Å². The third-order valence-electron chi connectivity index (χ3n) is 18.6. The minimum atomic E-state index is -0.0992. The summed E-state index contributed by atoms with van der Waals surface area (Å²) in [6.07, 6.45) is 22.8. The van der Waals surface area contributed by atoms with E-state index < -0.39 is 0 Å². The van der Waals surface area contributed by atoms with Crippen LogP contribution < -0.4 is 21.3 Å². The maximum absolute atomic E-state index is 12.6. The molecule has 1 atom stereocenters. The second kappa shape index (κ2) is 33.6. The van der Waals surface area contributed by atoms with Gasteiger partial charge in [0.15, 0.2) is 23.3 Å². The van der Waals surface area contributed by atoms with Gasteiger partial charge in [-0.3, -0.25) is 19.2 Å². The van der Waals surface area contributed by atoms with Crippen LogP contribution in [0.2, 0.25) is 0 Å². The minimum Gasteiger partial charge on any atom is -0.309 e. The molecule has 0 spiro atoms. The fourth-order valence-corrected chi connectivity index (χ4v) is 13.5. The van der Waals surface area contributed by atoms with E-state index >= 15 is 0 Å². The molecular weight excluding hydrogens is 1190 g/mol. The molecule has 16 nitrogen and oxygen atoms in total. The molecule has 4 heterocycles.